The Balaban J connectivity index is 1.99. The predicted molar refractivity (Wildman–Crippen MR) is 74.4 cm³/mol. The predicted octanol–water partition coefficient (Wildman–Crippen LogP) is 3.93. The molecule has 1 N–H and O–H groups in total. The summed E-state index contributed by atoms with van der Waals surface area (Å²) in [5, 5.41) is 8.24. The van der Waals surface area contributed by atoms with E-state index in [1.54, 1.807) is 0 Å². The maximum Gasteiger partial charge on any atom is 0.0568 e. The average Bonchev–Trinajstić information content (AvgIpc) is 2.79. The van der Waals surface area contributed by atoms with E-state index < -0.39 is 0 Å². The fourth-order valence-electron chi connectivity index (χ4n) is 1.48. The van der Waals surface area contributed by atoms with Crippen molar-refractivity contribution < 1.29 is 0 Å². The maximum atomic E-state index is 6.02. The summed E-state index contributed by atoms with van der Waals surface area (Å²) in [5.41, 5.74) is 2.16. The van der Waals surface area contributed by atoms with Gasteiger partial charge in [-0.2, -0.15) is 5.10 Å². The lowest BCUT2D eigenvalue weighted by Gasteiger charge is -2.05. The third-order valence-electron chi connectivity index (χ3n) is 2.43. The summed E-state index contributed by atoms with van der Waals surface area (Å²) in [6.45, 7) is 3.71. The highest BCUT2D eigenvalue weighted by molar-refractivity contribution is 9.10. The van der Waals surface area contributed by atoms with Gasteiger partial charge in [0.15, 0.2) is 0 Å². The number of rotatable bonds is 4. The molecule has 2 rings (SSSR count). The first kappa shape index (κ1) is 12.5. The van der Waals surface area contributed by atoms with Crippen LogP contribution >= 0.6 is 27.5 Å². The molecular formula is C12H13BrClN3. The minimum atomic E-state index is 0.708. The Kier molecular flexibility index (Phi) is 4.07. The van der Waals surface area contributed by atoms with E-state index in [2.05, 4.69) is 33.3 Å². The van der Waals surface area contributed by atoms with E-state index in [9.17, 15) is 0 Å². The number of hydrogen-bond donors (Lipinski definition) is 1. The Labute approximate surface area is 114 Å². The van der Waals surface area contributed by atoms with Gasteiger partial charge in [-0.1, -0.05) is 11.6 Å². The summed E-state index contributed by atoms with van der Waals surface area (Å²) in [4.78, 5) is 0. The van der Waals surface area contributed by atoms with Gasteiger partial charge in [0.05, 0.1) is 11.2 Å². The second kappa shape index (κ2) is 5.56. The van der Waals surface area contributed by atoms with Crippen LogP contribution in [0.3, 0.4) is 0 Å². The molecule has 0 unspecified atom stereocenters. The summed E-state index contributed by atoms with van der Waals surface area (Å²) in [6.07, 6.45) is 3.91. The molecule has 0 aliphatic carbocycles. The van der Waals surface area contributed by atoms with E-state index in [-0.39, 0.29) is 0 Å². The molecule has 90 valence electrons. The standard InChI is InChI=1S/C12H13BrClN3/c1-2-17-8-9(7-16-17)6-15-10-3-4-11(13)12(14)5-10/h3-5,7-8,15H,2,6H2,1H3. The van der Waals surface area contributed by atoms with E-state index >= 15 is 0 Å². The third-order valence-corrected chi connectivity index (χ3v) is 3.66. The Hall–Kier alpha value is -1.00. The zero-order valence-corrected chi connectivity index (χ0v) is 11.8. The summed E-state index contributed by atoms with van der Waals surface area (Å²) in [5.74, 6) is 0. The first-order chi connectivity index (χ1) is 8.19. The second-order valence-electron chi connectivity index (χ2n) is 3.69. The highest BCUT2D eigenvalue weighted by atomic mass is 79.9. The molecule has 1 aromatic carbocycles. The Morgan fingerprint density at radius 1 is 1.47 bits per heavy atom. The largest absolute Gasteiger partial charge is 0.381 e. The molecule has 0 saturated heterocycles. The monoisotopic (exact) mass is 313 g/mol. The van der Waals surface area contributed by atoms with Crippen molar-refractivity contribution in [3.63, 3.8) is 0 Å². The lowest BCUT2D eigenvalue weighted by molar-refractivity contribution is 0.659. The fraction of sp³-hybridized carbons (Fsp3) is 0.250. The van der Waals surface area contributed by atoms with Crippen LogP contribution in [0.1, 0.15) is 12.5 Å². The number of anilines is 1. The van der Waals surface area contributed by atoms with Gasteiger partial charge in [-0.25, -0.2) is 0 Å². The number of aromatic nitrogens is 2. The van der Waals surface area contributed by atoms with Crippen LogP contribution in [0.25, 0.3) is 0 Å². The lowest BCUT2D eigenvalue weighted by Crippen LogP contribution is -1.98. The molecule has 1 heterocycles. The highest BCUT2D eigenvalue weighted by Crippen LogP contribution is 2.25. The van der Waals surface area contributed by atoms with E-state index in [0.717, 1.165) is 28.8 Å². The van der Waals surface area contributed by atoms with Crippen molar-refractivity contribution in [2.24, 2.45) is 0 Å². The van der Waals surface area contributed by atoms with Gasteiger partial charge in [0.1, 0.15) is 0 Å². The normalized spacial score (nSPS) is 10.5. The molecular weight excluding hydrogens is 302 g/mol. The van der Waals surface area contributed by atoms with Crippen molar-refractivity contribution in [1.82, 2.24) is 9.78 Å². The smallest absolute Gasteiger partial charge is 0.0568 e. The van der Waals surface area contributed by atoms with Gasteiger partial charge in [0.2, 0.25) is 0 Å². The molecule has 0 spiro atoms. The van der Waals surface area contributed by atoms with Crippen LogP contribution in [0.2, 0.25) is 5.02 Å². The second-order valence-corrected chi connectivity index (χ2v) is 4.95. The molecule has 17 heavy (non-hydrogen) atoms. The van der Waals surface area contributed by atoms with Crippen molar-refractivity contribution in [3.05, 3.63) is 45.7 Å². The van der Waals surface area contributed by atoms with Crippen molar-refractivity contribution >= 4 is 33.2 Å². The minimum Gasteiger partial charge on any atom is -0.381 e. The molecule has 5 heteroatoms. The summed E-state index contributed by atoms with van der Waals surface area (Å²) in [6, 6.07) is 5.82. The molecule has 3 nitrogen and oxygen atoms in total. The molecule has 0 aliphatic rings. The van der Waals surface area contributed by atoms with Gasteiger partial charge >= 0.3 is 0 Å². The zero-order chi connectivity index (χ0) is 12.3. The van der Waals surface area contributed by atoms with Crippen LogP contribution in [0.15, 0.2) is 35.1 Å². The Morgan fingerprint density at radius 2 is 2.29 bits per heavy atom. The molecule has 0 fully saturated rings. The highest BCUT2D eigenvalue weighted by Gasteiger charge is 2.00. The first-order valence-electron chi connectivity index (χ1n) is 5.39. The quantitative estimate of drug-likeness (QED) is 0.926. The van der Waals surface area contributed by atoms with Crippen LogP contribution in [0.4, 0.5) is 5.69 Å². The zero-order valence-electron chi connectivity index (χ0n) is 9.45. The lowest BCUT2D eigenvalue weighted by atomic mass is 10.3. The van der Waals surface area contributed by atoms with Gasteiger partial charge in [0, 0.05) is 35.0 Å². The van der Waals surface area contributed by atoms with E-state index in [1.165, 1.54) is 0 Å². The summed E-state index contributed by atoms with van der Waals surface area (Å²) < 4.78 is 2.81. The van der Waals surface area contributed by atoms with Crippen LogP contribution < -0.4 is 5.32 Å². The van der Waals surface area contributed by atoms with Gasteiger partial charge in [-0.15, -0.1) is 0 Å². The van der Waals surface area contributed by atoms with E-state index in [1.807, 2.05) is 35.3 Å². The topological polar surface area (TPSA) is 29.9 Å². The van der Waals surface area contributed by atoms with E-state index in [0.29, 0.717) is 5.02 Å². The summed E-state index contributed by atoms with van der Waals surface area (Å²) >= 11 is 9.38. The van der Waals surface area contributed by atoms with E-state index in [4.69, 9.17) is 11.6 Å². The SMILES string of the molecule is CCn1cc(CNc2ccc(Br)c(Cl)c2)cn1. The minimum absolute atomic E-state index is 0.708. The number of aryl methyl sites for hydroxylation is 1. The van der Waals surface area contributed by atoms with Crippen LogP contribution in [-0.2, 0) is 13.1 Å². The van der Waals surface area contributed by atoms with Crippen molar-refractivity contribution in [2.75, 3.05) is 5.32 Å². The third kappa shape index (κ3) is 3.23. The molecule has 0 saturated carbocycles. The molecule has 2 aromatic rings. The van der Waals surface area contributed by atoms with Gasteiger partial charge in [-0.05, 0) is 41.1 Å². The Bertz CT molecular complexity index is 510. The van der Waals surface area contributed by atoms with Gasteiger partial charge in [0.25, 0.3) is 0 Å². The average molecular weight is 315 g/mol. The van der Waals surface area contributed by atoms with Crippen molar-refractivity contribution in [1.29, 1.82) is 0 Å². The maximum absolute atomic E-state index is 6.02. The molecule has 0 atom stereocenters. The number of nitrogens with one attached hydrogen (secondary N) is 1. The molecule has 0 bridgehead atoms. The van der Waals surface area contributed by atoms with Crippen molar-refractivity contribution in [3.8, 4) is 0 Å². The van der Waals surface area contributed by atoms with Crippen LogP contribution in [0.5, 0.6) is 0 Å². The molecule has 0 aliphatic heterocycles. The summed E-state index contributed by atoms with van der Waals surface area (Å²) in [7, 11) is 0. The number of hydrogen-bond acceptors (Lipinski definition) is 2. The first-order valence-corrected chi connectivity index (χ1v) is 6.56. The van der Waals surface area contributed by atoms with Gasteiger partial charge < -0.3 is 5.32 Å². The fourth-order valence-corrected chi connectivity index (χ4v) is 1.91. The Morgan fingerprint density at radius 3 is 2.94 bits per heavy atom. The molecule has 0 amide bonds. The number of halogens is 2. The number of benzene rings is 1. The van der Waals surface area contributed by atoms with Crippen LogP contribution in [-0.4, -0.2) is 9.78 Å². The van der Waals surface area contributed by atoms with Crippen molar-refractivity contribution in [2.45, 2.75) is 20.0 Å². The number of nitrogens with zero attached hydrogens (tertiary/aromatic N) is 2. The van der Waals surface area contributed by atoms with Gasteiger partial charge in [-0.3, -0.25) is 4.68 Å². The molecule has 0 radical (unpaired) electrons. The molecule has 1 aromatic heterocycles. The van der Waals surface area contributed by atoms with Crippen LogP contribution in [0, 0.1) is 0 Å².